The standard InChI is InChI=1S/C11H13ClF2N2O/c1-6(15-2)5-16-11(17)7-3-10(14)8(12)4-9(7)13/h3-4,6,15H,5H2,1-2H3,(H,16,17). The van der Waals surface area contributed by atoms with Crippen LogP contribution in [-0.4, -0.2) is 25.5 Å². The number of likely N-dealkylation sites (N-methyl/N-ethyl adjacent to an activating group) is 1. The summed E-state index contributed by atoms with van der Waals surface area (Å²) >= 11 is 5.38. The number of nitrogens with one attached hydrogen (secondary N) is 2. The number of carbonyl (C=O) groups is 1. The van der Waals surface area contributed by atoms with Gasteiger partial charge in [-0.05, 0) is 26.1 Å². The number of hydrogen-bond donors (Lipinski definition) is 2. The van der Waals surface area contributed by atoms with E-state index >= 15 is 0 Å². The monoisotopic (exact) mass is 262 g/mol. The summed E-state index contributed by atoms with van der Waals surface area (Å²) in [4.78, 5) is 11.6. The highest BCUT2D eigenvalue weighted by molar-refractivity contribution is 6.30. The Hall–Kier alpha value is -1.20. The van der Waals surface area contributed by atoms with Gasteiger partial charge in [-0.3, -0.25) is 4.79 Å². The van der Waals surface area contributed by atoms with Gasteiger partial charge in [-0.2, -0.15) is 0 Å². The smallest absolute Gasteiger partial charge is 0.254 e. The molecule has 0 heterocycles. The van der Waals surface area contributed by atoms with Gasteiger partial charge in [0.25, 0.3) is 5.91 Å². The fourth-order valence-electron chi connectivity index (χ4n) is 1.14. The summed E-state index contributed by atoms with van der Waals surface area (Å²) in [6.45, 7) is 2.16. The molecule has 0 spiro atoms. The molecule has 0 saturated carbocycles. The minimum absolute atomic E-state index is 0.0409. The van der Waals surface area contributed by atoms with Crippen molar-refractivity contribution in [1.29, 1.82) is 0 Å². The van der Waals surface area contributed by atoms with Gasteiger partial charge in [0.05, 0.1) is 10.6 Å². The van der Waals surface area contributed by atoms with E-state index < -0.39 is 17.5 Å². The van der Waals surface area contributed by atoms with Crippen LogP contribution >= 0.6 is 11.6 Å². The Balaban J connectivity index is 2.79. The van der Waals surface area contributed by atoms with Crippen LogP contribution < -0.4 is 10.6 Å². The Labute approximate surface area is 103 Å². The van der Waals surface area contributed by atoms with Gasteiger partial charge >= 0.3 is 0 Å². The van der Waals surface area contributed by atoms with Crippen LogP contribution in [0, 0.1) is 11.6 Å². The fourth-order valence-corrected chi connectivity index (χ4v) is 1.29. The number of hydrogen-bond acceptors (Lipinski definition) is 2. The lowest BCUT2D eigenvalue weighted by Crippen LogP contribution is -2.37. The fraction of sp³-hybridized carbons (Fsp3) is 0.364. The van der Waals surface area contributed by atoms with Crippen LogP contribution in [0.5, 0.6) is 0 Å². The molecule has 0 saturated heterocycles. The van der Waals surface area contributed by atoms with Crippen molar-refractivity contribution in [1.82, 2.24) is 10.6 Å². The first kappa shape index (κ1) is 13.9. The molecule has 0 aliphatic rings. The van der Waals surface area contributed by atoms with Gasteiger partial charge in [0, 0.05) is 12.6 Å². The summed E-state index contributed by atoms with van der Waals surface area (Å²) in [5.74, 6) is -2.33. The molecule has 0 aromatic heterocycles. The van der Waals surface area contributed by atoms with Crippen LogP contribution in [0.2, 0.25) is 5.02 Å². The summed E-state index contributed by atoms with van der Waals surface area (Å²) in [6.07, 6.45) is 0. The van der Waals surface area contributed by atoms with Crippen molar-refractivity contribution in [2.45, 2.75) is 13.0 Å². The molecule has 1 unspecified atom stereocenters. The zero-order valence-electron chi connectivity index (χ0n) is 9.48. The van der Waals surface area contributed by atoms with Gasteiger partial charge in [0.15, 0.2) is 0 Å². The maximum atomic E-state index is 13.4. The normalized spacial score (nSPS) is 12.3. The lowest BCUT2D eigenvalue weighted by atomic mass is 10.2. The minimum atomic E-state index is -0.842. The summed E-state index contributed by atoms with van der Waals surface area (Å²) in [5.41, 5.74) is -0.352. The van der Waals surface area contributed by atoms with Crippen LogP contribution in [0.25, 0.3) is 0 Å². The van der Waals surface area contributed by atoms with Gasteiger partial charge < -0.3 is 10.6 Å². The molecule has 94 valence electrons. The average Bonchev–Trinajstić information content (AvgIpc) is 2.30. The van der Waals surface area contributed by atoms with Crippen LogP contribution in [-0.2, 0) is 0 Å². The number of rotatable bonds is 4. The number of halogens is 3. The summed E-state index contributed by atoms with van der Waals surface area (Å²) < 4.78 is 26.5. The lowest BCUT2D eigenvalue weighted by molar-refractivity contribution is 0.0946. The second-order valence-corrected chi connectivity index (χ2v) is 4.05. The quantitative estimate of drug-likeness (QED) is 0.815. The molecular weight excluding hydrogens is 250 g/mol. The molecule has 3 nitrogen and oxygen atoms in total. The molecular formula is C11H13ClF2N2O. The third kappa shape index (κ3) is 3.64. The molecule has 6 heteroatoms. The van der Waals surface area contributed by atoms with E-state index in [1.54, 1.807) is 7.05 Å². The molecule has 2 N–H and O–H groups in total. The van der Waals surface area contributed by atoms with E-state index in [9.17, 15) is 13.6 Å². The molecule has 1 atom stereocenters. The Morgan fingerprint density at radius 3 is 2.65 bits per heavy atom. The SMILES string of the molecule is CNC(C)CNC(=O)c1cc(F)c(Cl)cc1F. The maximum absolute atomic E-state index is 13.4. The third-order valence-corrected chi connectivity index (χ3v) is 2.61. The lowest BCUT2D eigenvalue weighted by Gasteiger charge is -2.11. The maximum Gasteiger partial charge on any atom is 0.254 e. The minimum Gasteiger partial charge on any atom is -0.350 e. The molecule has 0 aliphatic heterocycles. The molecule has 1 amide bonds. The molecule has 17 heavy (non-hydrogen) atoms. The molecule has 0 bridgehead atoms. The zero-order chi connectivity index (χ0) is 13.0. The van der Waals surface area contributed by atoms with E-state index in [1.165, 1.54) is 0 Å². The van der Waals surface area contributed by atoms with Crippen molar-refractivity contribution in [3.8, 4) is 0 Å². The van der Waals surface area contributed by atoms with E-state index in [-0.39, 0.29) is 16.6 Å². The number of amides is 1. The Bertz CT molecular complexity index is 426. The van der Waals surface area contributed by atoms with Crippen molar-refractivity contribution in [2.75, 3.05) is 13.6 Å². The van der Waals surface area contributed by atoms with Crippen molar-refractivity contribution < 1.29 is 13.6 Å². The van der Waals surface area contributed by atoms with Crippen molar-refractivity contribution >= 4 is 17.5 Å². The largest absolute Gasteiger partial charge is 0.350 e. The average molecular weight is 263 g/mol. The highest BCUT2D eigenvalue weighted by atomic mass is 35.5. The van der Waals surface area contributed by atoms with Crippen LogP contribution in [0.3, 0.4) is 0 Å². The van der Waals surface area contributed by atoms with Crippen molar-refractivity contribution in [3.63, 3.8) is 0 Å². The molecule has 1 aromatic rings. The molecule has 1 aromatic carbocycles. The predicted molar refractivity (Wildman–Crippen MR) is 62.2 cm³/mol. The first-order chi connectivity index (χ1) is 7.95. The first-order valence-corrected chi connectivity index (χ1v) is 5.43. The Morgan fingerprint density at radius 2 is 2.06 bits per heavy atom. The summed E-state index contributed by atoms with van der Waals surface area (Å²) in [7, 11) is 1.74. The topological polar surface area (TPSA) is 41.1 Å². The van der Waals surface area contributed by atoms with Crippen LogP contribution in [0.4, 0.5) is 8.78 Å². The van der Waals surface area contributed by atoms with E-state index in [1.807, 2.05) is 6.92 Å². The molecule has 1 rings (SSSR count). The van der Waals surface area contributed by atoms with Gasteiger partial charge in [-0.25, -0.2) is 8.78 Å². The second kappa shape index (κ2) is 5.93. The summed E-state index contributed by atoms with van der Waals surface area (Å²) in [6, 6.07) is 1.61. The zero-order valence-corrected chi connectivity index (χ0v) is 10.2. The second-order valence-electron chi connectivity index (χ2n) is 3.65. The van der Waals surface area contributed by atoms with E-state index in [4.69, 9.17) is 11.6 Å². The number of benzene rings is 1. The third-order valence-electron chi connectivity index (χ3n) is 2.32. The Kier molecular flexibility index (Phi) is 4.84. The van der Waals surface area contributed by atoms with E-state index in [0.29, 0.717) is 6.54 Å². The molecule has 0 aliphatic carbocycles. The van der Waals surface area contributed by atoms with E-state index in [0.717, 1.165) is 12.1 Å². The first-order valence-electron chi connectivity index (χ1n) is 5.05. The Morgan fingerprint density at radius 1 is 1.41 bits per heavy atom. The van der Waals surface area contributed by atoms with Crippen molar-refractivity contribution in [3.05, 3.63) is 34.4 Å². The summed E-state index contributed by atoms with van der Waals surface area (Å²) in [5, 5.41) is 5.04. The van der Waals surface area contributed by atoms with Gasteiger partial charge in [0.2, 0.25) is 0 Å². The van der Waals surface area contributed by atoms with Crippen LogP contribution in [0.15, 0.2) is 12.1 Å². The molecule has 0 radical (unpaired) electrons. The van der Waals surface area contributed by atoms with Crippen LogP contribution in [0.1, 0.15) is 17.3 Å². The molecule has 0 fully saturated rings. The van der Waals surface area contributed by atoms with E-state index in [2.05, 4.69) is 10.6 Å². The number of carbonyl (C=O) groups excluding carboxylic acids is 1. The van der Waals surface area contributed by atoms with Gasteiger partial charge in [0.1, 0.15) is 11.6 Å². The highest BCUT2D eigenvalue weighted by Gasteiger charge is 2.15. The van der Waals surface area contributed by atoms with Crippen molar-refractivity contribution in [2.24, 2.45) is 0 Å². The predicted octanol–water partition coefficient (Wildman–Crippen LogP) is 1.96. The highest BCUT2D eigenvalue weighted by Crippen LogP contribution is 2.19. The van der Waals surface area contributed by atoms with Gasteiger partial charge in [-0.1, -0.05) is 11.6 Å². The van der Waals surface area contributed by atoms with Gasteiger partial charge in [-0.15, -0.1) is 0 Å².